The molecule has 0 aromatic heterocycles. The number of rotatable bonds is 0. The summed E-state index contributed by atoms with van der Waals surface area (Å²) in [6, 6.07) is 0. The number of hydrogen-bond acceptors (Lipinski definition) is 1. The Hall–Kier alpha value is 0.882. The van der Waals surface area contributed by atoms with Crippen LogP contribution >= 0.6 is 0 Å². The minimum Gasteiger partial charge on any atom is -0.390 e. The predicted octanol–water partition coefficient (Wildman–Crippen LogP) is 0.931. The summed E-state index contributed by atoms with van der Waals surface area (Å²) in [7, 11) is 0. The van der Waals surface area contributed by atoms with Gasteiger partial charge in [-0.15, -0.1) is 0 Å². The van der Waals surface area contributed by atoms with Crippen molar-refractivity contribution >= 4 is 27.3 Å². The predicted molar refractivity (Wildman–Crippen MR) is 34.8 cm³/mol. The van der Waals surface area contributed by atoms with E-state index in [2.05, 4.69) is 0 Å². The van der Waals surface area contributed by atoms with Crippen LogP contribution in [0.25, 0.3) is 0 Å². The molecule has 1 saturated carbocycles. The van der Waals surface area contributed by atoms with E-state index in [1.165, 1.54) is 12.8 Å². The van der Waals surface area contributed by atoms with E-state index >= 15 is 0 Å². The standard InChI is InChI=1S/C6H12O.Pb/c1-6(7)4-2-3-5-6;/h7H,2-5H2,1H3;. The molecule has 0 amide bonds. The zero-order valence-electron chi connectivity index (χ0n) is 5.28. The van der Waals surface area contributed by atoms with Gasteiger partial charge in [0.05, 0.1) is 5.60 Å². The van der Waals surface area contributed by atoms with Crippen molar-refractivity contribution < 1.29 is 5.11 Å². The minimum atomic E-state index is -0.306. The topological polar surface area (TPSA) is 20.2 Å². The molecule has 2 heteroatoms. The van der Waals surface area contributed by atoms with Crippen LogP contribution in [0.4, 0.5) is 0 Å². The van der Waals surface area contributed by atoms with Crippen LogP contribution in [0.2, 0.25) is 0 Å². The molecule has 1 aliphatic carbocycles. The summed E-state index contributed by atoms with van der Waals surface area (Å²) < 4.78 is 0. The first-order valence-electron chi connectivity index (χ1n) is 2.93. The minimum absolute atomic E-state index is 0. The maximum atomic E-state index is 9.19. The van der Waals surface area contributed by atoms with Gasteiger partial charge in [-0.2, -0.15) is 0 Å². The molecule has 0 heterocycles. The first-order chi connectivity index (χ1) is 3.21. The molecule has 0 bridgehead atoms. The van der Waals surface area contributed by atoms with Gasteiger partial charge in [-0.25, -0.2) is 0 Å². The van der Waals surface area contributed by atoms with E-state index in [-0.39, 0.29) is 32.9 Å². The monoisotopic (exact) mass is 308 g/mol. The molecule has 1 aliphatic rings. The van der Waals surface area contributed by atoms with Crippen LogP contribution in [0.15, 0.2) is 0 Å². The van der Waals surface area contributed by atoms with Crippen LogP contribution in [0, 0.1) is 0 Å². The molecule has 0 unspecified atom stereocenters. The SMILES string of the molecule is CC1(O)CCCC1.[Pb]. The second-order valence-electron chi connectivity index (χ2n) is 2.70. The quantitative estimate of drug-likeness (QED) is 0.660. The van der Waals surface area contributed by atoms with Crippen LogP contribution in [-0.4, -0.2) is 38.0 Å². The molecule has 8 heavy (non-hydrogen) atoms. The fraction of sp³-hybridized carbons (Fsp3) is 1.00. The Kier molecular flexibility index (Phi) is 3.50. The zero-order chi connectivity index (χ0) is 5.33. The van der Waals surface area contributed by atoms with Crippen molar-refractivity contribution in [3.8, 4) is 0 Å². The van der Waals surface area contributed by atoms with Crippen LogP contribution in [-0.2, 0) is 0 Å². The fourth-order valence-corrected chi connectivity index (χ4v) is 1.14. The van der Waals surface area contributed by atoms with Gasteiger partial charge in [-0.3, -0.25) is 0 Å². The zero-order valence-corrected chi connectivity index (χ0v) is 9.16. The summed E-state index contributed by atoms with van der Waals surface area (Å²) in [5.41, 5.74) is -0.306. The van der Waals surface area contributed by atoms with E-state index in [1.807, 2.05) is 6.92 Å². The van der Waals surface area contributed by atoms with E-state index in [4.69, 9.17) is 0 Å². The molecule has 0 atom stereocenters. The van der Waals surface area contributed by atoms with Crippen molar-refractivity contribution in [3.63, 3.8) is 0 Å². The molecule has 0 aliphatic heterocycles. The van der Waals surface area contributed by atoms with E-state index in [0.29, 0.717) is 0 Å². The Labute approximate surface area is 70.6 Å². The third kappa shape index (κ3) is 2.44. The molecule has 46 valence electrons. The molecule has 1 fully saturated rings. The normalized spacial score (nSPS) is 24.8. The van der Waals surface area contributed by atoms with Gasteiger partial charge in [0, 0.05) is 27.3 Å². The van der Waals surface area contributed by atoms with Gasteiger partial charge >= 0.3 is 0 Å². The number of hydrogen-bond donors (Lipinski definition) is 1. The molecule has 0 aromatic rings. The molecular weight excluding hydrogens is 295 g/mol. The Morgan fingerprint density at radius 3 is 1.75 bits per heavy atom. The first-order valence-corrected chi connectivity index (χ1v) is 2.93. The fourth-order valence-electron chi connectivity index (χ4n) is 1.14. The summed E-state index contributed by atoms with van der Waals surface area (Å²) >= 11 is 0. The van der Waals surface area contributed by atoms with E-state index in [1.54, 1.807) is 0 Å². The third-order valence-electron chi connectivity index (χ3n) is 1.68. The Balaban J connectivity index is 0.000000490. The molecule has 0 saturated heterocycles. The molecule has 4 radical (unpaired) electrons. The van der Waals surface area contributed by atoms with E-state index in [9.17, 15) is 5.11 Å². The molecule has 0 aromatic carbocycles. The van der Waals surface area contributed by atoms with Gasteiger partial charge in [0.1, 0.15) is 0 Å². The van der Waals surface area contributed by atoms with Gasteiger partial charge in [0.25, 0.3) is 0 Å². The third-order valence-corrected chi connectivity index (χ3v) is 1.68. The van der Waals surface area contributed by atoms with Crippen molar-refractivity contribution in [1.29, 1.82) is 0 Å². The van der Waals surface area contributed by atoms with Crippen molar-refractivity contribution in [1.82, 2.24) is 0 Å². The van der Waals surface area contributed by atoms with Crippen LogP contribution in [0.3, 0.4) is 0 Å². The molecular formula is C6H12OPb. The second-order valence-corrected chi connectivity index (χ2v) is 2.70. The van der Waals surface area contributed by atoms with Gasteiger partial charge < -0.3 is 5.11 Å². The van der Waals surface area contributed by atoms with Gasteiger partial charge in [0.15, 0.2) is 0 Å². The first kappa shape index (κ1) is 8.88. The van der Waals surface area contributed by atoms with Crippen molar-refractivity contribution in [2.45, 2.75) is 38.2 Å². The maximum Gasteiger partial charge on any atom is 0.0619 e. The van der Waals surface area contributed by atoms with Gasteiger partial charge in [-0.1, -0.05) is 12.8 Å². The van der Waals surface area contributed by atoms with Crippen molar-refractivity contribution in [2.24, 2.45) is 0 Å². The summed E-state index contributed by atoms with van der Waals surface area (Å²) in [6.45, 7) is 1.92. The average Bonchev–Trinajstić information content (AvgIpc) is 1.84. The molecule has 0 spiro atoms. The summed E-state index contributed by atoms with van der Waals surface area (Å²) in [5.74, 6) is 0. The van der Waals surface area contributed by atoms with Crippen molar-refractivity contribution in [3.05, 3.63) is 0 Å². The largest absolute Gasteiger partial charge is 0.390 e. The maximum absolute atomic E-state index is 9.19. The van der Waals surface area contributed by atoms with E-state index in [0.717, 1.165) is 12.8 Å². The Morgan fingerprint density at radius 2 is 1.62 bits per heavy atom. The Bertz CT molecular complexity index is 62.9. The molecule has 1 N–H and O–H groups in total. The van der Waals surface area contributed by atoms with Gasteiger partial charge in [-0.05, 0) is 19.8 Å². The van der Waals surface area contributed by atoms with Crippen LogP contribution in [0.1, 0.15) is 32.6 Å². The average molecular weight is 307 g/mol. The molecule has 1 nitrogen and oxygen atoms in total. The molecule has 1 rings (SSSR count). The second kappa shape index (κ2) is 3.15. The number of aliphatic hydroxyl groups is 1. The van der Waals surface area contributed by atoms with Crippen molar-refractivity contribution in [2.75, 3.05) is 0 Å². The van der Waals surface area contributed by atoms with Crippen LogP contribution < -0.4 is 0 Å². The van der Waals surface area contributed by atoms with Gasteiger partial charge in [0.2, 0.25) is 0 Å². The van der Waals surface area contributed by atoms with E-state index < -0.39 is 0 Å². The summed E-state index contributed by atoms with van der Waals surface area (Å²) in [4.78, 5) is 0. The summed E-state index contributed by atoms with van der Waals surface area (Å²) in [6.07, 6.45) is 4.44. The van der Waals surface area contributed by atoms with Crippen LogP contribution in [0.5, 0.6) is 0 Å². The summed E-state index contributed by atoms with van der Waals surface area (Å²) in [5, 5.41) is 9.19. The smallest absolute Gasteiger partial charge is 0.0619 e. The Morgan fingerprint density at radius 1 is 1.25 bits per heavy atom.